The summed E-state index contributed by atoms with van der Waals surface area (Å²) < 4.78 is 1.58. The molecule has 3 rings (SSSR count). The van der Waals surface area contributed by atoms with Crippen LogP contribution in [0.2, 0.25) is 0 Å². The second kappa shape index (κ2) is 5.78. The first-order valence-electron chi connectivity index (χ1n) is 6.91. The summed E-state index contributed by atoms with van der Waals surface area (Å²) in [6.45, 7) is 2.69. The smallest absolute Gasteiger partial charge is 0.241 e. The van der Waals surface area contributed by atoms with E-state index in [9.17, 15) is 4.79 Å². The number of carbonyl (C=O) groups is 1. The molecule has 1 aromatic carbocycles. The van der Waals surface area contributed by atoms with Crippen molar-refractivity contribution in [1.29, 1.82) is 0 Å². The number of hydrogen-bond donors (Lipinski definition) is 2. The van der Waals surface area contributed by atoms with Gasteiger partial charge in [-0.15, -0.1) is 5.10 Å². The zero-order chi connectivity index (χ0) is 14.7. The number of nitrogens with one attached hydrogen (secondary N) is 2. The number of hydrogen-bond acceptors (Lipinski definition) is 3. The molecule has 2 N–H and O–H groups in total. The molecule has 108 valence electrons. The molecule has 6 nitrogen and oxygen atoms in total. The molecule has 3 aromatic rings. The van der Waals surface area contributed by atoms with Crippen LogP contribution in [-0.2, 0) is 17.8 Å². The molecule has 0 saturated heterocycles. The lowest BCUT2D eigenvalue weighted by molar-refractivity contribution is -0.121. The van der Waals surface area contributed by atoms with E-state index < -0.39 is 0 Å². The summed E-state index contributed by atoms with van der Waals surface area (Å²) >= 11 is 0. The Balaban J connectivity index is 1.54. The maximum atomic E-state index is 11.8. The second-order valence-corrected chi connectivity index (χ2v) is 4.99. The van der Waals surface area contributed by atoms with Gasteiger partial charge in [-0.25, -0.2) is 4.68 Å². The van der Waals surface area contributed by atoms with Crippen LogP contribution in [0.15, 0.2) is 36.7 Å². The summed E-state index contributed by atoms with van der Waals surface area (Å²) in [5.74, 6) is -0.0524. The third kappa shape index (κ3) is 2.94. The van der Waals surface area contributed by atoms with Crippen LogP contribution in [0.3, 0.4) is 0 Å². The standard InChI is InChI=1S/C15H17N5O/c1-11-8-18-19-20(11)10-15(21)16-7-6-12-9-17-14-5-3-2-4-13(12)14/h2-5,8-9,17H,6-7,10H2,1H3,(H,16,21). The average molecular weight is 283 g/mol. The quantitative estimate of drug-likeness (QED) is 0.743. The summed E-state index contributed by atoms with van der Waals surface area (Å²) in [7, 11) is 0. The summed E-state index contributed by atoms with van der Waals surface area (Å²) in [6.07, 6.45) is 4.43. The zero-order valence-electron chi connectivity index (χ0n) is 11.8. The Kier molecular flexibility index (Phi) is 3.68. The van der Waals surface area contributed by atoms with Crippen molar-refractivity contribution in [3.05, 3.63) is 47.9 Å². The molecule has 0 unspecified atom stereocenters. The van der Waals surface area contributed by atoms with Crippen molar-refractivity contribution in [1.82, 2.24) is 25.3 Å². The van der Waals surface area contributed by atoms with Crippen molar-refractivity contribution in [3.63, 3.8) is 0 Å². The lowest BCUT2D eigenvalue weighted by atomic mass is 10.1. The first kappa shape index (κ1) is 13.4. The van der Waals surface area contributed by atoms with Crippen molar-refractivity contribution in [3.8, 4) is 0 Å². The minimum absolute atomic E-state index is 0.0524. The normalized spacial score (nSPS) is 10.9. The Hall–Kier alpha value is -2.63. The number of amides is 1. The molecule has 0 aliphatic heterocycles. The fraction of sp³-hybridized carbons (Fsp3) is 0.267. The number of para-hydroxylation sites is 1. The third-order valence-electron chi connectivity index (χ3n) is 3.50. The number of aromatic amines is 1. The average Bonchev–Trinajstić information content (AvgIpc) is 3.07. The van der Waals surface area contributed by atoms with E-state index in [2.05, 4.69) is 26.7 Å². The highest BCUT2D eigenvalue weighted by Gasteiger charge is 2.07. The number of carbonyl (C=O) groups excluding carboxylic acids is 1. The second-order valence-electron chi connectivity index (χ2n) is 4.99. The van der Waals surface area contributed by atoms with Crippen molar-refractivity contribution in [2.75, 3.05) is 6.54 Å². The van der Waals surface area contributed by atoms with E-state index >= 15 is 0 Å². The van der Waals surface area contributed by atoms with E-state index in [1.54, 1.807) is 10.9 Å². The first-order chi connectivity index (χ1) is 10.2. The lowest BCUT2D eigenvalue weighted by Gasteiger charge is -2.05. The maximum absolute atomic E-state index is 11.8. The maximum Gasteiger partial charge on any atom is 0.241 e. The molecule has 2 heterocycles. The van der Waals surface area contributed by atoms with Crippen molar-refractivity contribution in [2.45, 2.75) is 19.9 Å². The fourth-order valence-electron chi connectivity index (χ4n) is 2.33. The minimum atomic E-state index is -0.0524. The minimum Gasteiger partial charge on any atom is -0.361 e. The molecular formula is C15H17N5O. The van der Waals surface area contributed by atoms with E-state index in [1.165, 1.54) is 10.9 Å². The molecular weight excluding hydrogens is 266 g/mol. The number of aromatic nitrogens is 4. The van der Waals surface area contributed by atoms with Gasteiger partial charge in [0.15, 0.2) is 0 Å². The molecule has 0 aliphatic rings. The molecule has 0 fully saturated rings. The van der Waals surface area contributed by atoms with E-state index in [1.807, 2.05) is 31.3 Å². The first-order valence-corrected chi connectivity index (χ1v) is 6.91. The van der Waals surface area contributed by atoms with Gasteiger partial charge in [0, 0.05) is 23.6 Å². The van der Waals surface area contributed by atoms with E-state index in [-0.39, 0.29) is 12.5 Å². The van der Waals surface area contributed by atoms with Crippen LogP contribution in [0.4, 0.5) is 0 Å². The summed E-state index contributed by atoms with van der Waals surface area (Å²) in [6, 6.07) is 8.16. The van der Waals surface area contributed by atoms with Gasteiger partial charge in [-0.05, 0) is 25.0 Å². The number of benzene rings is 1. The van der Waals surface area contributed by atoms with Crippen LogP contribution in [0.5, 0.6) is 0 Å². The van der Waals surface area contributed by atoms with Gasteiger partial charge in [0.05, 0.1) is 11.9 Å². The molecule has 0 spiro atoms. The third-order valence-corrected chi connectivity index (χ3v) is 3.50. The van der Waals surface area contributed by atoms with Crippen LogP contribution in [0.1, 0.15) is 11.3 Å². The number of rotatable bonds is 5. The molecule has 6 heteroatoms. The van der Waals surface area contributed by atoms with Crippen LogP contribution >= 0.6 is 0 Å². The predicted octanol–water partition coefficient (Wildman–Crippen LogP) is 1.43. The van der Waals surface area contributed by atoms with E-state index in [0.29, 0.717) is 6.54 Å². The van der Waals surface area contributed by atoms with Crippen LogP contribution in [0.25, 0.3) is 10.9 Å². The Morgan fingerprint density at radius 3 is 3.05 bits per heavy atom. The summed E-state index contributed by atoms with van der Waals surface area (Å²) in [4.78, 5) is 15.1. The molecule has 0 bridgehead atoms. The largest absolute Gasteiger partial charge is 0.361 e. The van der Waals surface area contributed by atoms with Crippen molar-refractivity contribution < 1.29 is 4.79 Å². The Labute approximate surface area is 122 Å². The number of aryl methyl sites for hydroxylation is 1. The number of nitrogens with zero attached hydrogens (tertiary/aromatic N) is 3. The zero-order valence-corrected chi connectivity index (χ0v) is 11.8. The number of H-pyrrole nitrogens is 1. The highest BCUT2D eigenvalue weighted by Crippen LogP contribution is 2.17. The number of fused-ring (bicyclic) bond motifs is 1. The van der Waals surface area contributed by atoms with Crippen LogP contribution in [-0.4, -0.2) is 32.4 Å². The monoisotopic (exact) mass is 283 g/mol. The van der Waals surface area contributed by atoms with Gasteiger partial charge < -0.3 is 10.3 Å². The Morgan fingerprint density at radius 2 is 2.24 bits per heavy atom. The molecule has 0 saturated carbocycles. The summed E-state index contributed by atoms with van der Waals surface area (Å²) in [5.41, 5.74) is 3.21. The van der Waals surface area contributed by atoms with Gasteiger partial charge in [0.1, 0.15) is 6.54 Å². The fourth-order valence-corrected chi connectivity index (χ4v) is 2.33. The molecule has 0 atom stereocenters. The molecule has 21 heavy (non-hydrogen) atoms. The van der Waals surface area contributed by atoms with Gasteiger partial charge in [0.25, 0.3) is 0 Å². The molecule has 2 aromatic heterocycles. The Morgan fingerprint density at radius 1 is 1.38 bits per heavy atom. The van der Waals surface area contributed by atoms with Crippen LogP contribution < -0.4 is 5.32 Å². The van der Waals surface area contributed by atoms with E-state index in [0.717, 1.165) is 17.6 Å². The SMILES string of the molecule is Cc1cnnn1CC(=O)NCCc1c[nH]c2ccccc12. The van der Waals surface area contributed by atoms with Gasteiger partial charge in [-0.1, -0.05) is 23.4 Å². The van der Waals surface area contributed by atoms with Gasteiger partial charge >= 0.3 is 0 Å². The lowest BCUT2D eigenvalue weighted by Crippen LogP contribution is -2.30. The highest BCUT2D eigenvalue weighted by atomic mass is 16.2. The Bertz CT molecular complexity index is 758. The molecule has 0 aliphatic carbocycles. The highest BCUT2D eigenvalue weighted by molar-refractivity contribution is 5.83. The molecule has 1 amide bonds. The predicted molar refractivity (Wildman–Crippen MR) is 79.8 cm³/mol. The van der Waals surface area contributed by atoms with Gasteiger partial charge in [-0.2, -0.15) is 0 Å². The summed E-state index contributed by atoms with van der Waals surface area (Å²) in [5, 5.41) is 11.7. The van der Waals surface area contributed by atoms with Crippen molar-refractivity contribution in [2.24, 2.45) is 0 Å². The van der Waals surface area contributed by atoms with Gasteiger partial charge in [0.2, 0.25) is 5.91 Å². The van der Waals surface area contributed by atoms with Crippen molar-refractivity contribution >= 4 is 16.8 Å². The topological polar surface area (TPSA) is 75.6 Å². The van der Waals surface area contributed by atoms with E-state index in [4.69, 9.17) is 0 Å². The van der Waals surface area contributed by atoms with Crippen LogP contribution in [0, 0.1) is 6.92 Å². The van der Waals surface area contributed by atoms with Gasteiger partial charge in [-0.3, -0.25) is 4.79 Å². The molecule has 0 radical (unpaired) electrons.